The Morgan fingerprint density at radius 2 is 1.95 bits per heavy atom. The van der Waals surface area contributed by atoms with Crippen LogP contribution in [0.15, 0.2) is 59.0 Å². The van der Waals surface area contributed by atoms with Gasteiger partial charge >= 0.3 is 0 Å². The number of ether oxygens (including phenoxy) is 1. The first kappa shape index (κ1) is 13.3. The van der Waals surface area contributed by atoms with Crippen molar-refractivity contribution < 1.29 is 8.95 Å². The molecular formula is C14H14N2O2S. The van der Waals surface area contributed by atoms with E-state index in [9.17, 15) is 4.21 Å². The molecule has 0 saturated heterocycles. The van der Waals surface area contributed by atoms with Crippen molar-refractivity contribution in [1.82, 2.24) is 4.98 Å². The molecule has 19 heavy (non-hydrogen) atoms. The number of methoxy groups -OCH3 is 1. The Hall–Kier alpha value is -2.14. The molecule has 2 aromatic rings. The molecule has 0 amide bonds. The van der Waals surface area contributed by atoms with Crippen LogP contribution in [0, 0.1) is 4.78 Å². The van der Waals surface area contributed by atoms with Gasteiger partial charge < -0.3 is 4.74 Å². The summed E-state index contributed by atoms with van der Waals surface area (Å²) in [7, 11) is -1.40. The van der Waals surface area contributed by atoms with E-state index in [1.807, 2.05) is 6.07 Å². The van der Waals surface area contributed by atoms with E-state index in [1.54, 1.807) is 55.8 Å². The topological polar surface area (TPSA) is 63.0 Å². The van der Waals surface area contributed by atoms with Gasteiger partial charge in [0.2, 0.25) is 0 Å². The molecule has 0 aliphatic carbocycles. The van der Waals surface area contributed by atoms with Crippen molar-refractivity contribution >= 4 is 15.8 Å². The van der Waals surface area contributed by atoms with Gasteiger partial charge in [0.05, 0.1) is 27.4 Å². The Kier molecular flexibility index (Phi) is 3.97. The average molecular weight is 274 g/mol. The molecule has 0 saturated carbocycles. The van der Waals surface area contributed by atoms with Gasteiger partial charge in [0, 0.05) is 11.6 Å². The van der Waals surface area contributed by atoms with Crippen molar-refractivity contribution in [1.29, 1.82) is 4.78 Å². The SMILES string of the molecule is COc1ccc(S(=N)(=O)/C=C/c2ccccn2)cc1. The van der Waals surface area contributed by atoms with Crippen molar-refractivity contribution in [2.24, 2.45) is 0 Å². The number of benzene rings is 1. The molecule has 0 radical (unpaired) electrons. The van der Waals surface area contributed by atoms with Crippen LogP contribution in [0.3, 0.4) is 0 Å². The molecule has 0 spiro atoms. The van der Waals surface area contributed by atoms with Gasteiger partial charge in [-0.15, -0.1) is 0 Å². The highest BCUT2D eigenvalue weighted by Gasteiger charge is 2.06. The van der Waals surface area contributed by atoms with Crippen LogP contribution in [0.2, 0.25) is 0 Å². The molecule has 5 heteroatoms. The van der Waals surface area contributed by atoms with Crippen LogP contribution in [-0.2, 0) is 9.73 Å². The Morgan fingerprint density at radius 3 is 2.53 bits per heavy atom. The van der Waals surface area contributed by atoms with Gasteiger partial charge in [-0.1, -0.05) is 6.07 Å². The quantitative estimate of drug-likeness (QED) is 0.931. The lowest BCUT2D eigenvalue weighted by Crippen LogP contribution is -1.94. The number of aromatic nitrogens is 1. The zero-order valence-corrected chi connectivity index (χ0v) is 11.3. The summed E-state index contributed by atoms with van der Waals surface area (Å²) >= 11 is 0. The minimum atomic E-state index is -2.96. The molecule has 0 aliphatic rings. The van der Waals surface area contributed by atoms with Crippen molar-refractivity contribution in [3.8, 4) is 5.75 Å². The standard InChI is InChI=1S/C14H14N2O2S/c1-18-13-5-7-14(8-6-13)19(15,17)11-9-12-4-2-3-10-16-12/h2-11,15H,1H3/b11-9+. The molecule has 4 nitrogen and oxygen atoms in total. The van der Waals surface area contributed by atoms with Crippen LogP contribution < -0.4 is 4.74 Å². The maximum Gasteiger partial charge on any atom is 0.118 e. The summed E-state index contributed by atoms with van der Waals surface area (Å²) in [4.78, 5) is 4.53. The van der Waals surface area contributed by atoms with Gasteiger partial charge in [0.15, 0.2) is 0 Å². The maximum absolute atomic E-state index is 12.3. The lowest BCUT2D eigenvalue weighted by Gasteiger charge is -2.04. The van der Waals surface area contributed by atoms with Crippen molar-refractivity contribution in [3.05, 3.63) is 59.8 Å². The zero-order chi connectivity index (χ0) is 13.7. The predicted octanol–water partition coefficient (Wildman–Crippen LogP) is 3.17. The van der Waals surface area contributed by atoms with Gasteiger partial charge in [0.25, 0.3) is 0 Å². The van der Waals surface area contributed by atoms with E-state index in [1.165, 1.54) is 5.41 Å². The van der Waals surface area contributed by atoms with Gasteiger partial charge in [-0.3, -0.25) is 4.98 Å². The summed E-state index contributed by atoms with van der Waals surface area (Å²) in [5.74, 6) is 0.674. The highest BCUT2D eigenvalue weighted by Crippen LogP contribution is 2.18. The summed E-state index contributed by atoms with van der Waals surface area (Å²) in [6.07, 6.45) is 3.25. The van der Waals surface area contributed by atoms with Crippen LogP contribution in [0.1, 0.15) is 5.69 Å². The van der Waals surface area contributed by atoms with E-state index >= 15 is 0 Å². The summed E-state index contributed by atoms with van der Waals surface area (Å²) in [5, 5.41) is 1.37. The lowest BCUT2D eigenvalue weighted by atomic mass is 10.3. The molecule has 1 atom stereocenters. The van der Waals surface area contributed by atoms with Crippen LogP contribution in [0.4, 0.5) is 0 Å². The third-order valence-corrected chi connectivity index (χ3v) is 4.02. The van der Waals surface area contributed by atoms with Crippen LogP contribution >= 0.6 is 0 Å². The molecule has 1 unspecified atom stereocenters. The molecule has 98 valence electrons. The van der Waals surface area contributed by atoms with Crippen LogP contribution in [0.5, 0.6) is 5.75 Å². The summed E-state index contributed by atoms with van der Waals surface area (Å²) in [6.45, 7) is 0. The van der Waals surface area contributed by atoms with E-state index in [0.717, 1.165) is 0 Å². The molecule has 1 heterocycles. The first-order valence-electron chi connectivity index (χ1n) is 5.64. The maximum atomic E-state index is 12.3. The molecule has 2 rings (SSSR count). The van der Waals surface area contributed by atoms with Crippen molar-refractivity contribution in [2.75, 3.05) is 7.11 Å². The number of hydrogen-bond donors (Lipinski definition) is 1. The molecule has 0 aliphatic heterocycles. The molecule has 1 aromatic heterocycles. The highest BCUT2D eigenvalue weighted by molar-refractivity contribution is 7.95. The Balaban J connectivity index is 2.25. The predicted molar refractivity (Wildman–Crippen MR) is 75.4 cm³/mol. The number of nitrogens with zero attached hydrogens (tertiary/aromatic N) is 1. The minimum absolute atomic E-state index is 0.445. The van der Waals surface area contributed by atoms with Gasteiger partial charge in [-0.05, 0) is 42.5 Å². The Bertz CT molecular complexity index is 662. The van der Waals surface area contributed by atoms with E-state index in [0.29, 0.717) is 16.3 Å². The fourth-order valence-corrected chi connectivity index (χ4v) is 2.53. The lowest BCUT2D eigenvalue weighted by molar-refractivity contribution is 0.414. The average Bonchev–Trinajstić information content (AvgIpc) is 2.46. The molecule has 1 aromatic carbocycles. The normalized spacial score (nSPS) is 14.2. The number of nitrogens with one attached hydrogen (secondary N) is 1. The number of pyridine rings is 1. The molecular weight excluding hydrogens is 260 g/mol. The smallest absolute Gasteiger partial charge is 0.118 e. The van der Waals surface area contributed by atoms with Crippen LogP contribution in [0.25, 0.3) is 6.08 Å². The third kappa shape index (κ3) is 3.42. The molecule has 1 N–H and O–H groups in total. The van der Waals surface area contributed by atoms with Crippen LogP contribution in [-0.4, -0.2) is 16.3 Å². The van der Waals surface area contributed by atoms with Crippen molar-refractivity contribution in [2.45, 2.75) is 4.90 Å². The fourth-order valence-electron chi connectivity index (χ4n) is 1.50. The van der Waals surface area contributed by atoms with Crippen molar-refractivity contribution in [3.63, 3.8) is 0 Å². The summed E-state index contributed by atoms with van der Waals surface area (Å²) < 4.78 is 25.2. The monoisotopic (exact) mass is 274 g/mol. The Labute approximate surface area is 112 Å². The summed E-state index contributed by atoms with van der Waals surface area (Å²) in [5.41, 5.74) is 0.677. The Morgan fingerprint density at radius 1 is 1.21 bits per heavy atom. The number of rotatable bonds is 4. The van der Waals surface area contributed by atoms with E-state index < -0.39 is 9.73 Å². The second-order valence-electron chi connectivity index (χ2n) is 3.83. The molecule has 0 bridgehead atoms. The largest absolute Gasteiger partial charge is 0.497 e. The van der Waals surface area contributed by atoms with E-state index in [2.05, 4.69) is 4.98 Å². The zero-order valence-electron chi connectivity index (χ0n) is 10.4. The van der Waals surface area contributed by atoms with Gasteiger partial charge in [-0.25, -0.2) is 8.99 Å². The second-order valence-corrected chi connectivity index (χ2v) is 5.78. The van der Waals surface area contributed by atoms with Gasteiger partial charge in [0.1, 0.15) is 5.75 Å². The first-order valence-corrected chi connectivity index (χ1v) is 7.26. The van der Waals surface area contributed by atoms with E-state index in [-0.39, 0.29) is 0 Å². The van der Waals surface area contributed by atoms with Gasteiger partial charge in [-0.2, -0.15) is 0 Å². The minimum Gasteiger partial charge on any atom is -0.497 e. The first-order chi connectivity index (χ1) is 9.12. The van der Waals surface area contributed by atoms with E-state index in [4.69, 9.17) is 9.52 Å². The molecule has 0 fully saturated rings. The second kappa shape index (κ2) is 5.67. The number of hydrogen-bond acceptors (Lipinski definition) is 4. The summed E-state index contributed by atoms with van der Waals surface area (Å²) in [6, 6.07) is 12.1. The fraction of sp³-hybridized carbons (Fsp3) is 0.0714. The highest BCUT2D eigenvalue weighted by atomic mass is 32.2. The third-order valence-electron chi connectivity index (χ3n) is 2.53.